The summed E-state index contributed by atoms with van der Waals surface area (Å²) >= 11 is 2.87. The molecule has 0 fully saturated rings. The normalized spacial score (nSPS) is 10.9. The van der Waals surface area contributed by atoms with Gasteiger partial charge in [-0.25, -0.2) is 0 Å². The zero-order valence-electron chi connectivity index (χ0n) is 9.97. The van der Waals surface area contributed by atoms with Crippen LogP contribution in [0.1, 0.15) is 11.3 Å². The number of rotatable bonds is 5. The predicted octanol–water partition coefficient (Wildman–Crippen LogP) is 2.18. The van der Waals surface area contributed by atoms with E-state index >= 15 is 0 Å². The van der Waals surface area contributed by atoms with Gasteiger partial charge >= 0.3 is 4.87 Å². The highest BCUT2D eigenvalue weighted by atomic mass is 32.1. The Kier molecular flexibility index (Phi) is 3.58. The third kappa shape index (κ3) is 2.83. The Labute approximate surface area is 117 Å². The lowest BCUT2D eigenvalue weighted by Crippen LogP contribution is -2.13. The zero-order valence-corrected chi connectivity index (χ0v) is 11.6. The van der Waals surface area contributed by atoms with Crippen molar-refractivity contribution in [3.63, 3.8) is 0 Å². The lowest BCUT2D eigenvalue weighted by molar-refractivity contribution is 0.683. The fourth-order valence-electron chi connectivity index (χ4n) is 1.81. The van der Waals surface area contributed by atoms with Gasteiger partial charge in [0.15, 0.2) is 0 Å². The highest BCUT2D eigenvalue weighted by Crippen LogP contribution is 2.25. The van der Waals surface area contributed by atoms with Gasteiger partial charge in [-0.15, -0.1) is 11.3 Å². The van der Waals surface area contributed by atoms with Crippen LogP contribution >= 0.6 is 22.7 Å². The lowest BCUT2D eigenvalue weighted by Gasteiger charge is -2.03. The van der Waals surface area contributed by atoms with Crippen LogP contribution in [0.3, 0.4) is 0 Å². The van der Waals surface area contributed by atoms with Crippen LogP contribution in [-0.2, 0) is 13.1 Å². The molecule has 3 rings (SSSR count). The first-order valence-corrected chi connectivity index (χ1v) is 7.52. The molecular formula is C12H12N4OS2. The molecule has 98 valence electrons. The van der Waals surface area contributed by atoms with Crippen molar-refractivity contribution >= 4 is 22.7 Å². The van der Waals surface area contributed by atoms with E-state index in [1.165, 1.54) is 16.2 Å². The van der Waals surface area contributed by atoms with Crippen molar-refractivity contribution in [1.82, 2.24) is 20.5 Å². The SMILES string of the molecule is O=c1[nH]c(CNCc2cn[nH]c2-c2cccs2)cs1. The van der Waals surface area contributed by atoms with Crippen LogP contribution in [0, 0.1) is 0 Å². The Hall–Kier alpha value is -1.70. The predicted molar refractivity (Wildman–Crippen MR) is 77.4 cm³/mol. The zero-order chi connectivity index (χ0) is 13.1. The maximum atomic E-state index is 11.0. The lowest BCUT2D eigenvalue weighted by atomic mass is 10.2. The van der Waals surface area contributed by atoms with Gasteiger partial charge in [0.25, 0.3) is 0 Å². The molecule has 0 amide bonds. The van der Waals surface area contributed by atoms with Crippen LogP contribution in [0.15, 0.2) is 33.9 Å². The fraction of sp³-hybridized carbons (Fsp3) is 0.167. The van der Waals surface area contributed by atoms with E-state index in [4.69, 9.17) is 0 Å². The summed E-state index contributed by atoms with van der Waals surface area (Å²) in [5.41, 5.74) is 3.09. The van der Waals surface area contributed by atoms with Gasteiger partial charge < -0.3 is 10.3 Å². The van der Waals surface area contributed by atoms with E-state index in [1.807, 2.05) is 23.0 Å². The molecule has 0 atom stereocenters. The van der Waals surface area contributed by atoms with E-state index in [0.717, 1.165) is 17.0 Å². The number of nitrogens with zero attached hydrogens (tertiary/aromatic N) is 1. The smallest absolute Gasteiger partial charge is 0.304 e. The highest BCUT2D eigenvalue weighted by molar-refractivity contribution is 7.13. The van der Waals surface area contributed by atoms with Crippen LogP contribution in [0.4, 0.5) is 0 Å². The minimum absolute atomic E-state index is 0.0145. The van der Waals surface area contributed by atoms with Crippen molar-refractivity contribution in [2.75, 3.05) is 0 Å². The summed E-state index contributed by atoms with van der Waals surface area (Å²) in [5, 5.41) is 14.3. The monoisotopic (exact) mass is 292 g/mol. The molecule has 0 saturated heterocycles. The average Bonchev–Trinajstić information content (AvgIpc) is 3.09. The van der Waals surface area contributed by atoms with Crippen LogP contribution in [0.2, 0.25) is 0 Å². The number of aromatic nitrogens is 3. The molecule has 0 aliphatic rings. The van der Waals surface area contributed by atoms with Gasteiger partial charge in [-0.3, -0.25) is 9.89 Å². The van der Waals surface area contributed by atoms with Crippen LogP contribution in [0.25, 0.3) is 10.6 Å². The van der Waals surface area contributed by atoms with Crippen LogP contribution in [0.5, 0.6) is 0 Å². The number of nitrogens with one attached hydrogen (secondary N) is 3. The second-order valence-corrected chi connectivity index (χ2v) is 5.81. The first-order valence-electron chi connectivity index (χ1n) is 5.76. The maximum Gasteiger partial charge on any atom is 0.304 e. The van der Waals surface area contributed by atoms with Crippen molar-refractivity contribution in [2.24, 2.45) is 0 Å². The average molecular weight is 292 g/mol. The van der Waals surface area contributed by atoms with E-state index in [1.54, 1.807) is 11.3 Å². The summed E-state index contributed by atoms with van der Waals surface area (Å²) in [4.78, 5) is 15.0. The van der Waals surface area contributed by atoms with Crippen molar-refractivity contribution in [3.8, 4) is 10.6 Å². The van der Waals surface area contributed by atoms with Gasteiger partial charge in [-0.2, -0.15) is 5.10 Å². The van der Waals surface area contributed by atoms with Gasteiger partial charge in [0.2, 0.25) is 0 Å². The van der Waals surface area contributed by atoms with Crippen LogP contribution in [-0.4, -0.2) is 15.2 Å². The van der Waals surface area contributed by atoms with Crippen molar-refractivity contribution < 1.29 is 0 Å². The fourth-order valence-corrected chi connectivity index (χ4v) is 3.15. The molecule has 3 heterocycles. The molecule has 3 aromatic rings. The second-order valence-electron chi connectivity index (χ2n) is 4.02. The maximum absolute atomic E-state index is 11.0. The Balaban J connectivity index is 1.65. The molecule has 0 saturated carbocycles. The first-order chi connectivity index (χ1) is 9.33. The molecule has 7 heteroatoms. The number of thiazole rings is 1. The number of thiophene rings is 1. The van der Waals surface area contributed by atoms with Gasteiger partial charge in [0.1, 0.15) is 0 Å². The molecule has 0 radical (unpaired) electrons. The number of H-pyrrole nitrogens is 2. The van der Waals surface area contributed by atoms with Gasteiger partial charge in [-0.05, 0) is 11.4 Å². The Morgan fingerprint density at radius 3 is 3.00 bits per heavy atom. The molecule has 0 unspecified atom stereocenters. The highest BCUT2D eigenvalue weighted by Gasteiger charge is 2.08. The molecule has 5 nitrogen and oxygen atoms in total. The van der Waals surface area contributed by atoms with Crippen molar-refractivity contribution in [2.45, 2.75) is 13.1 Å². The van der Waals surface area contributed by atoms with Crippen molar-refractivity contribution in [3.05, 3.63) is 50.0 Å². The second kappa shape index (κ2) is 5.52. The van der Waals surface area contributed by atoms with Gasteiger partial charge in [0, 0.05) is 29.7 Å². The minimum Gasteiger partial charge on any atom is -0.315 e. The van der Waals surface area contributed by atoms with E-state index in [9.17, 15) is 4.79 Å². The van der Waals surface area contributed by atoms with Gasteiger partial charge in [0.05, 0.1) is 16.8 Å². The first kappa shape index (κ1) is 12.3. The standard InChI is InChI=1S/C12H12N4OS2/c17-12-15-9(7-19-12)6-13-4-8-5-14-16-11(8)10-2-1-3-18-10/h1-3,5,7,13H,4,6H2,(H,14,16)(H,15,17). The molecule has 3 aromatic heterocycles. The largest absolute Gasteiger partial charge is 0.315 e. The number of aromatic amines is 2. The summed E-state index contributed by atoms with van der Waals surface area (Å²) in [5.74, 6) is 0. The Bertz CT molecular complexity index is 695. The number of hydrogen-bond acceptors (Lipinski definition) is 5. The Morgan fingerprint density at radius 1 is 1.32 bits per heavy atom. The Morgan fingerprint density at radius 2 is 2.26 bits per heavy atom. The van der Waals surface area contributed by atoms with Crippen molar-refractivity contribution in [1.29, 1.82) is 0 Å². The molecule has 3 N–H and O–H groups in total. The molecular weight excluding hydrogens is 280 g/mol. The third-order valence-electron chi connectivity index (χ3n) is 2.69. The summed E-state index contributed by atoms with van der Waals surface area (Å²) < 4.78 is 0. The third-order valence-corrected chi connectivity index (χ3v) is 4.29. The number of hydrogen-bond donors (Lipinski definition) is 3. The summed E-state index contributed by atoms with van der Waals surface area (Å²) in [6.07, 6.45) is 1.83. The molecule has 0 bridgehead atoms. The topological polar surface area (TPSA) is 73.6 Å². The quantitative estimate of drug-likeness (QED) is 0.675. The van der Waals surface area contributed by atoms with E-state index in [2.05, 4.69) is 26.6 Å². The molecule has 0 spiro atoms. The molecule has 0 aliphatic carbocycles. The van der Waals surface area contributed by atoms with E-state index in [-0.39, 0.29) is 4.87 Å². The van der Waals surface area contributed by atoms with E-state index in [0.29, 0.717) is 13.1 Å². The molecule has 19 heavy (non-hydrogen) atoms. The summed E-state index contributed by atoms with van der Waals surface area (Å²) in [6.45, 7) is 1.36. The molecule has 0 aliphatic heterocycles. The molecule has 0 aromatic carbocycles. The summed E-state index contributed by atoms with van der Waals surface area (Å²) in [7, 11) is 0. The van der Waals surface area contributed by atoms with E-state index < -0.39 is 0 Å². The van der Waals surface area contributed by atoms with Crippen LogP contribution < -0.4 is 10.2 Å². The minimum atomic E-state index is -0.0145. The van der Waals surface area contributed by atoms with Gasteiger partial charge in [-0.1, -0.05) is 17.4 Å². The summed E-state index contributed by atoms with van der Waals surface area (Å²) in [6, 6.07) is 4.09.